The summed E-state index contributed by atoms with van der Waals surface area (Å²) in [5.41, 5.74) is 0. The summed E-state index contributed by atoms with van der Waals surface area (Å²) in [5, 5.41) is 22.6. The lowest BCUT2D eigenvalue weighted by Gasteiger charge is -2.18. The molecule has 1 aliphatic heterocycles. The van der Waals surface area contributed by atoms with Gasteiger partial charge in [0.1, 0.15) is 6.04 Å². The van der Waals surface area contributed by atoms with Crippen molar-refractivity contribution in [2.45, 2.75) is 50.2 Å². The number of urea groups is 1. The van der Waals surface area contributed by atoms with Gasteiger partial charge in [-0.2, -0.15) is 0 Å². The number of hydrogen-bond donors (Lipinski definition) is 4. The first kappa shape index (κ1) is 15.6. The second-order valence-electron chi connectivity index (χ2n) is 5.65. The van der Waals surface area contributed by atoms with Crippen LogP contribution >= 0.6 is 0 Å². The van der Waals surface area contributed by atoms with E-state index in [1.165, 1.54) is 12.8 Å². The smallest absolute Gasteiger partial charge is 0.326 e. The fourth-order valence-electron chi connectivity index (χ4n) is 2.59. The Hall–Kier alpha value is -1.83. The number of carboxylic acids is 2. The van der Waals surface area contributed by atoms with Crippen LogP contribution in [0.5, 0.6) is 0 Å². The van der Waals surface area contributed by atoms with Gasteiger partial charge >= 0.3 is 18.0 Å². The average Bonchev–Trinajstić information content (AvgIpc) is 3.15. The fraction of sp³-hybridized carbons (Fsp3) is 0.769. The van der Waals surface area contributed by atoms with Gasteiger partial charge in [-0.25, -0.2) is 9.59 Å². The minimum Gasteiger partial charge on any atom is -0.481 e. The van der Waals surface area contributed by atoms with E-state index in [4.69, 9.17) is 10.2 Å². The number of carbonyl (C=O) groups excluding carboxylic acids is 1. The molecule has 118 valence electrons. The highest BCUT2D eigenvalue weighted by Crippen LogP contribution is 2.29. The van der Waals surface area contributed by atoms with Gasteiger partial charge in [-0.3, -0.25) is 9.69 Å². The van der Waals surface area contributed by atoms with Crippen LogP contribution in [0.25, 0.3) is 0 Å². The molecular weight excluding hydrogens is 278 g/mol. The fourth-order valence-corrected chi connectivity index (χ4v) is 2.59. The molecule has 0 aromatic heterocycles. The summed E-state index contributed by atoms with van der Waals surface area (Å²) >= 11 is 0. The average molecular weight is 299 g/mol. The summed E-state index contributed by atoms with van der Waals surface area (Å²) in [6.45, 7) is 1.75. The van der Waals surface area contributed by atoms with E-state index in [-0.39, 0.29) is 18.9 Å². The van der Waals surface area contributed by atoms with Gasteiger partial charge in [-0.15, -0.1) is 0 Å². The first-order valence-electron chi connectivity index (χ1n) is 7.21. The standard InChI is InChI=1S/C13H21N3O5/c17-11(18)4-3-10(12(19)20)15-13(21)14-8-5-6-16(7-8)9-1-2-9/h8-10H,1-7H2,(H,17,18)(H,19,20)(H2,14,15,21). The monoisotopic (exact) mass is 299 g/mol. The van der Waals surface area contributed by atoms with E-state index in [1.54, 1.807) is 0 Å². The number of carbonyl (C=O) groups is 3. The van der Waals surface area contributed by atoms with E-state index in [0.29, 0.717) is 6.04 Å². The zero-order valence-electron chi connectivity index (χ0n) is 11.7. The molecule has 8 nitrogen and oxygen atoms in total. The van der Waals surface area contributed by atoms with Gasteiger partial charge in [0.15, 0.2) is 0 Å². The van der Waals surface area contributed by atoms with Crippen LogP contribution in [0.1, 0.15) is 32.1 Å². The van der Waals surface area contributed by atoms with Gasteiger partial charge in [0.05, 0.1) is 0 Å². The molecular formula is C13H21N3O5. The van der Waals surface area contributed by atoms with Crippen LogP contribution in [0.3, 0.4) is 0 Å². The molecule has 2 atom stereocenters. The highest BCUT2D eigenvalue weighted by atomic mass is 16.4. The summed E-state index contributed by atoms with van der Waals surface area (Å²) in [6, 6.07) is -1.04. The predicted octanol–water partition coefficient (Wildman–Crippen LogP) is -0.160. The minimum atomic E-state index is -1.22. The number of carboxylic acid groups (broad SMARTS) is 2. The third-order valence-corrected chi connectivity index (χ3v) is 3.87. The maximum Gasteiger partial charge on any atom is 0.326 e. The second kappa shape index (κ2) is 6.75. The Kier molecular flexibility index (Phi) is 5.00. The zero-order valence-corrected chi connectivity index (χ0v) is 11.7. The lowest BCUT2D eigenvalue weighted by Crippen LogP contribution is -2.49. The molecule has 1 saturated heterocycles. The van der Waals surface area contributed by atoms with Gasteiger partial charge in [-0.05, 0) is 25.7 Å². The maximum absolute atomic E-state index is 11.8. The minimum absolute atomic E-state index is 0.0273. The molecule has 2 rings (SSSR count). The Labute approximate surface area is 122 Å². The first-order chi connectivity index (χ1) is 9.95. The molecule has 1 heterocycles. The van der Waals surface area contributed by atoms with Crippen molar-refractivity contribution in [3.05, 3.63) is 0 Å². The van der Waals surface area contributed by atoms with Crippen LogP contribution in [0.15, 0.2) is 0 Å². The number of likely N-dealkylation sites (tertiary alicyclic amines) is 1. The number of aliphatic carboxylic acids is 2. The second-order valence-corrected chi connectivity index (χ2v) is 5.65. The highest BCUT2D eigenvalue weighted by molar-refractivity contribution is 5.83. The highest BCUT2D eigenvalue weighted by Gasteiger charge is 2.35. The maximum atomic E-state index is 11.8. The molecule has 2 aliphatic rings. The lowest BCUT2D eigenvalue weighted by atomic mass is 10.1. The topological polar surface area (TPSA) is 119 Å². The number of nitrogens with zero attached hydrogens (tertiary/aromatic N) is 1. The van der Waals surface area contributed by atoms with Crippen LogP contribution in [0.4, 0.5) is 4.79 Å². The Morgan fingerprint density at radius 1 is 1.19 bits per heavy atom. The normalized spacial score (nSPS) is 23.5. The van der Waals surface area contributed by atoms with Gasteiger partial charge in [-0.1, -0.05) is 0 Å². The Morgan fingerprint density at radius 3 is 2.48 bits per heavy atom. The van der Waals surface area contributed by atoms with Crippen molar-refractivity contribution in [3.8, 4) is 0 Å². The number of amides is 2. The third kappa shape index (κ3) is 4.89. The van der Waals surface area contributed by atoms with E-state index in [2.05, 4.69) is 15.5 Å². The van der Waals surface area contributed by atoms with Crippen LogP contribution in [-0.4, -0.2) is 64.3 Å². The molecule has 2 unspecified atom stereocenters. The molecule has 0 aromatic rings. The number of nitrogens with one attached hydrogen (secondary N) is 2. The Morgan fingerprint density at radius 2 is 1.90 bits per heavy atom. The quantitative estimate of drug-likeness (QED) is 0.518. The van der Waals surface area contributed by atoms with E-state index >= 15 is 0 Å². The molecule has 2 amide bonds. The molecule has 0 spiro atoms. The molecule has 2 fully saturated rings. The van der Waals surface area contributed by atoms with Crippen molar-refractivity contribution in [2.75, 3.05) is 13.1 Å². The first-order valence-corrected chi connectivity index (χ1v) is 7.21. The van der Waals surface area contributed by atoms with Crippen molar-refractivity contribution < 1.29 is 24.6 Å². The number of hydrogen-bond acceptors (Lipinski definition) is 4. The van der Waals surface area contributed by atoms with Gasteiger partial charge < -0.3 is 20.8 Å². The Balaban J connectivity index is 1.73. The van der Waals surface area contributed by atoms with Crippen molar-refractivity contribution in [2.24, 2.45) is 0 Å². The molecule has 0 aromatic carbocycles. The van der Waals surface area contributed by atoms with Crippen LogP contribution in [-0.2, 0) is 9.59 Å². The SMILES string of the molecule is O=C(O)CCC(NC(=O)NC1CCN(C2CC2)C1)C(=O)O. The molecule has 8 heteroatoms. The van der Waals surface area contributed by atoms with Gasteiger partial charge in [0.2, 0.25) is 0 Å². The summed E-state index contributed by atoms with van der Waals surface area (Å²) < 4.78 is 0. The largest absolute Gasteiger partial charge is 0.481 e. The Bertz CT molecular complexity index is 424. The van der Waals surface area contributed by atoms with Crippen LogP contribution in [0, 0.1) is 0 Å². The summed E-state index contributed by atoms with van der Waals surface area (Å²) in [6.07, 6.45) is 2.87. The van der Waals surface area contributed by atoms with Gasteiger partial charge in [0.25, 0.3) is 0 Å². The zero-order chi connectivity index (χ0) is 15.4. The number of rotatable bonds is 7. The predicted molar refractivity (Wildman–Crippen MR) is 73.0 cm³/mol. The molecule has 0 bridgehead atoms. The molecule has 21 heavy (non-hydrogen) atoms. The third-order valence-electron chi connectivity index (χ3n) is 3.87. The van der Waals surface area contributed by atoms with E-state index in [1.807, 2.05) is 0 Å². The molecule has 1 aliphatic carbocycles. The lowest BCUT2D eigenvalue weighted by molar-refractivity contribution is -0.140. The summed E-state index contributed by atoms with van der Waals surface area (Å²) in [4.78, 5) is 35.6. The van der Waals surface area contributed by atoms with Crippen molar-refractivity contribution >= 4 is 18.0 Å². The van der Waals surface area contributed by atoms with E-state index < -0.39 is 24.0 Å². The van der Waals surface area contributed by atoms with Crippen molar-refractivity contribution in [1.29, 1.82) is 0 Å². The van der Waals surface area contributed by atoms with Crippen molar-refractivity contribution in [1.82, 2.24) is 15.5 Å². The molecule has 1 saturated carbocycles. The summed E-state index contributed by atoms with van der Waals surface area (Å²) in [5.74, 6) is -2.31. The molecule has 0 radical (unpaired) electrons. The van der Waals surface area contributed by atoms with Crippen LogP contribution in [0.2, 0.25) is 0 Å². The summed E-state index contributed by atoms with van der Waals surface area (Å²) in [7, 11) is 0. The molecule has 4 N–H and O–H groups in total. The van der Waals surface area contributed by atoms with Crippen LogP contribution < -0.4 is 10.6 Å². The van der Waals surface area contributed by atoms with E-state index in [0.717, 1.165) is 19.5 Å². The van der Waals surface area contributed by atoms with Crippen molar-refractivity contribution in [3.63, 3.8) is 0 Å². The van der Waals surface area contributed by atoms with Gasteiger partial charge in [0, 0.05) is 31.6 Å². The van der Waals surface area contributed by atoms with E-state index in [9.17, 15) is 14.4 Å².